The first-order valence-corrected chi connectivity index (χ1v) is 6.38. The number of rotatable bonds is 6. The fourth-order valence-corrected chi connectivity index (χ4v) is 2.20. The Morgan fingerprint density at radius 3 is 2.61 bits per heavy atom. The molecule has 2 atom stereocenters. The van der Waals surface area contributed by atoms with Gasteiger partial charge in [0.05, 0.1) is 13.7 Å². The summed E-state index contributed by atoms with van der Waals surface area (Å²) in [5.74, 6) is 2.60. The summed E-state index contributed by atoms with van der Waals surface area (Å²) in [6.07, 6.45) is 1.09. The summed E-state index contributed by atoms with van der Waals surface area (Å²) in [4.78, 5) is 0. The standard InChI is InChI=1S/C14H21NO3/c1-16-13-2-4-14(5-3-13)18-10-12(8-15)11-6-7-17-9-11/h2-5,11-12H,6-10,15H2,1H3. The molecular formula is C14H21NO3. The lowest BCUT2D eigenvalue weighted by molar-refractivity contribution is 0.150. The van der Waals surface area contributed by atoms with Gasteiger partial charge in [0, 0.05) is 19.1 Å². The molecule has 0 aliphatic carbocycles. The minimum atomic E-state index is 0.370. The Kier molecular flexibility index (Phi) is 4.84. The lowest BCUT2D eigenvalue weighted by Gasteiger charge is -2.20. The third-order valence-electron chi connectivity index (χ3n) is 3.46. The number of nitrogens with two attached hydrogens (primary N) is 1. The van der Waals surface area contributed by atoms with E-state index >= 15 is 0 Å². The number of benzene rings is 1. The van der Waals surface area contributed by atoms with Crippen LogP contribution in [0.3, 0.4) is 0 Å². The smallest absolute Gasteiger partial charge is 0.119 e. The van der Waals surface area contributed by atoms with Crippen LogP contribution in [0.2, 0.25) is 0 Å². The molecule has 18 heavy (non-hydrogen) atoms. The third-order valence-corrected chi connectivity index (χ3v) is 3.46. The van der Waals surface area contributed by atoms with Crippen molar-refractivity contribution in [2.24, 2.45) is 17.6 Å². The summed E-state index contributed by atoms with van der Waals surface area (Å²) in [6, 6.07) is 7.62. The molecule has 1 aliphatic rings. The van der Waals surface area contributed by atoms with E-state index in [0.29, 0.717) is 25.0 Å². The molecule has 1 aliphatic heterocycles. The lowest BCUT2D eigenvalue weighted by Crippen LogP contribution is -2.29. The topological polar surface area (TPSA) is 53.7 Å². The molecule has 2 rings (SSSR count). The Hall–Kier alpha value is -1.26. The van der Waals surface area contributed by atoms with Crippen LogP contribution >= 0.6 is 0 Å². The first-order chi connectivity index (χ1) is 8.83. The van der Waals surface area contributed by atoms with Crippen molar-refractivity contribution >= 4 is 0 Å². The van der Waals surface area contributed by atoms with Gasteiger partial charge in [0.15, 0.2) is 0 Å². The van der Waals surface area contributed by atoms with Crippen LogP contribution in [0.25, 0.3) is 0 Å². The van der Waals surface area contributed by atoms with E-state index < -0.39 is 0 Å². The van der Waals surface area contributed by atoms with Crippen LogP contribution in [0.4, 0.5) is 0 Å². The molecule has 1 saturated heterocycles. The monoisotopic (exact) mass is 251 g/mol. The van der Waals surface area contributed by atoms with Gasteiger partial charge in [-0.15, -0.1) is 0 Å². The summed E-state index contributed by atoms with van der Waals surface area (Å²) in [6.45, 7) is 2.96. The van der Waals surface area contributed by atoms with Crippen LogP contribution in [0, 0.1) is 11.8 Å². The van der Waals surface area contributed by atoms with Crippen LogP contribution in [-0.2, 0) is 4.74 Å². The molecule has 100 valence electrons. The first-order valence-electron chi connectivity index (χ1n) is 6.38. The number of ether oxygens (including phenoxy) is 3. The highest BCUT2D eigenvalue weighted by atomic mass is 16.5. The molecule has 2 N–H and O–H groups in total. The summed E-state index contributed by atoms with van der Waals surface area (Å²) in [7, 11) is 1.65. The Labute approximate surface area is 108 Å². The quantitative estimate of drug-likeness (QED) is 0.836. The van der Waals surface area contributed by atoms with E-state index in [1.54, 1.807) is 7.11 Å². The van der Waals surface area contributed by atoms with Gasteiger partial charge in [0.2, 0.25) is 0 Å². The van der Waals surface area contributed by atoms with Crippen molar-refractivity contribution in [3.63, 3.8) is 0 Å². The molecule has 0 saturated carbocycles. The maximum absolute atomic E-state index is 5.81. The van der Waals surface area contributed by atoms with Crippen LogP contribution in [0.15, 0.2) is 24.3 Å². The fourth-order valence-electron chi connectivity index (χ4n) is 2.20. The van der Waals surface area contributed by atoms with Crippen LogP contribution < -0.4 is 15.2 Å². The van der Waals surface area contributed by atoms with Crippen molar-refractivity contribution in [1.82, 2.24) is 0 Å². The van der Waals surface area contributed by atoms with Gasteiger partial charge in [0.25, 0.3) is 0 Å². The largest absolute Gasteiger partial charge is 0.497 e. The van der Waals surface area contributed by atoms with Crippen LogP contribution in [0.1, 0.15) is 6.42 Å². The molecule has 0 spiro atoms. The molecule has 1 aromatic rings. The summed E-state index contributed by atoms with van der Waals surface area (Å²) in [5, 5.41) is 0. The summed E-state index contributed by atoms with van der Waals surface area (Å²) >= 11 is 0. The van der Waals surface area contributed by atoms with E-state index in [4.69, 9.17) is 19.9 Å². The maximum atomic E-state index is 5.81. The highest BCUT2D eigenvalue weighted by Gasteiger charge is 2.25. The predicted octanol–water partition coefficient (Wildman–Crippen LogP) is 1.69. The van der Waals surface area contributed by atoms with E-state index in [-0.39, 0.29) is 0 Å². The van der Waals surface area contributed by atoms with E-state index in [9.17, 15) is 0 Å². The van der Waals surface area contributed by atoms with Crippen LogP contribution in [-0.4, -0.2) is 33.5 Å². The van der Waals surface area contributed by atoms with E-state index in [0.717, 1.165) is 31.1 Å². The molecular weight excluding hydrogens is 230 g/mol. The molecule has 4 heteroatoms. The highest BCUT2D eigenvalue weighted by molar-refractivity contribution is 5.31. The molecule has 1 aromatic carbocycles. The highest BCUT2D eigenvalue weighted by Crippen LogP contribution is 2.23. The van der Waals surface area contributed by atoms with Crippen molar-refractivity contribution < 1.29 is 14.2 Å². The fraction of sp³-hybridized carbons (Fsp3) is 0.571. The number of hydrogen-bond acceptors (Lipinski definition) is 4. The Morgan fingerprint density at radius 1 is 1.33 bits per heavy atom. The van der Waals surface area contributed by atoms with Gasteiger partial charge >= 0.3 is 0 Å². The molecule has 1 fully saturated rings. The van der Waals surface area contributed by atoms with E-state index in [2.05, 4.69) is 0 Å². The molecule has 0 aromatic heterocycles. The number of methoxy groups -OCH3 is 1. The molecule has 0 radical (unpaired) electrons. The van der Waals surface area contributed by atoms with Crippen molar-refractivity contribution in [3.05, 3.63) is 24.3 Å². The summed E-state index contributed by atoms with van der Waals surface area (Å²) in [5.41, 5.74) is 5.81. The zero-order chi connectivity index (χ0) is 12.8. The van der Waals surface area contributed by atoms with E-state index in [1.807, 2.05) is 24.3 Å². The number of hydrogen-bond donors (Lipinski definition) is 1. The molecule has 4 nitrogen and oxygen atoms in total. The lowest BCUT2D eigenvalue weighted by atomic mass is 9.92. The molecule has 0 bridgehead atoms. The van der Waals surface area contributed by atoms with Gasteiger partial charge in [-0.05, 0) is 43.1 Å². The second kappa shape index (κ2) is 6.61. The minimum Gasteiger partial charge on any atom is -0.497 e. The Balaban J connectivity index is 1.84. The van der Waals surface area contributed by atoms with Crippen molar-refractivity contribution in [1.29, 1.82) is 0 Å². The third kappa shape index (κ3) is 3.37. The van der Waals surface area contributed by atoms with Crippen molar-refractivity contribution in [2.45, 2.75) is 6.42 Å². The second-order valence-corrected chi connectivity index (χ2v) is 4.61. The first kappa shape index (κ1) is 13.2. The SMILES string of the molecule is COc1ccc(OCC(CN)C2CCOC2)cc1. The predicted molar refractivity (Wildman–Crippen MR) is 70.0 cm³/mol. The molecule has 2 unspecified atom stereocenters. The zero-order valence-corrected chi connectivity index (χ0v) is 10.8. The average molecular weight is 251 g/mol. The second-order valence-electron chi connectivity index (χ2n) is 4.61. The van der Waals surface area contributed by atoms with Crippen molar-refractivity contribution in [2.75, 3.05) is 33.5 Å². The molecule has 0 amide bonds. The van der Waals surface area contributed by atoms with Gasteiger partial charge < -0.3 is 19.9 Å². The maximum Gasteiger partial charge on any atom is 0.119 e. The Bertz CT molecular complexity index is 347. The van der Waals surface area contributed by atoms with E-state index in [1.165, 1.54) is 0 Å². The normalized spacial score (nSPS) is 20.7. The van der Waals surface area contributed by atoms with Gasteiger partial charge in [-0.1, -0.05) is 0 Å². The van der Waals surface area contributed by atoms with Gasteiger partial charge in [0.1, 0.15) is 11.5 Å². The van der Waals surface area contributed by atoms with Gasteiger partial charge in [-0.2, -0.15) is 0 Å². The van der Waals surface area contributed by atoms with Crippen LogP contribution in [0.5, 0.6) is 11.5 Å². The molecule has 1 heterocycles. The Morgan fingerprint density at radius 2 is 2.06 bits per heavy atom. The van der Waals surface area contributed by atoms with Crippen molar-refractivity contribution in [3.8, 4) is 11.5 Å². The summed E-state index contributed by atoms with van der Waals surface area (Å²) < 4.78 is 16.3. The van der Waals surface area contributed by atoms with Gasteiger partial charge in [-0.3, -0.25) is 0 Å². The average Bonchev–Trinajstić information content (AvgIpc) is 2.94. The zero-order valence-electron chi connectivity index (χ0n) is 10.8. The minimum absolute atomic E-state index is 0.370. The van der Waals surface area contributed by atoms with Gasteiger partial charge in [-0.25, -0.2) is 0 Å².